The van der Waals surface area contributed by atoms with Crippen molar-refractivity contribution in [3.8, 4) is 0 Å². The lowest BCUT2D eigenvalue weighted by atomic mass is 10.0. The molecule has 0 radical (unpaired) electrons. The summed E-state index contributed by atoms with van der Waals surface area (Å²) in [6.07, 6.45) is 2.24. The third-order valence-corrected chi connectivity index (χ3v) is 4.32. The molecule has 0 aliphatic carbocycles. The van der Waals surface area contributed by atoms with Gasteiger partial charge in [-0.1, -0.05) is 12.1 Å². The van der Waals surface area contributed by atoms with Crippen LogP contribution in [0.3, 0.4) is 0 Å². The molecule has 0 saturated carbocycles. The molecule has 2 rings (SSSR count). The molecule has 1 atom stereocenters. The highest BCUT2D eigenvalue weighted by molar-refractivity contribution is 5.80. The molecule has 1 unspecified atom stereocenters. The Balaban J connectivity index is 1.93. The monoisotopic (exact) mass is 318 g/mol. The van der Waals surface area contributed by atoms with Gasteiger partial charge in [-0.3, -0.25) is 4.99 Å². The average Bonchev–Trinajstić information content (AvgIpc) is 2.95. The van der Waals surface area contributed by atoms with Gasteiger partial charge in [0.25, 0.3) is 0 Å². The molecule has 1 aliphatic heterocycles. The minimum atomic E-state index is -0.0731. The molecule has 1 saturated heterocycles. The zero-order valence-electron chi connectivity index (χ0n) is 15.1. The van der Waals surface area contributed by atoms with Crippen molar-refractivity contribution in [1.29, 1.82) is 0 Å². The molecule has 0 aromatic heterocycles. The number of guanidine groups is 1. The molecular weight excluding hydrogens is 288 g/mol. The quantitative estimate of drug-likeness (QED) is 0.646. The van der Waals surface area contributed by atoms with Crippen LogP contribution in [0.25, 0.3) is 0 Å². The largest absolute Gasteiger partial charge is 0.377 e. The maximum atomic E-state index is 5.81. The van der Waals surface area contributed by atoms with Crippen LogP contribution in [-0.4, -0.2) is 45.9 Å². The lowest BCUT2D eigenvalue weighted by molar-refractivity contribution is 0.0243. The predicted octanol–water partition coefficient (Wildman–Crippen LogP) is 2.30. The zero-order valence-corrected chi connectivity index (χ0v) is 15.1. The second kappa shape index (κ2) is 7.68. The standard InChI is InChI=1S/C18H30N4O/c1-14-7-8-15(16(11-14)22(4)5)12-20-17(19-3)21-13-18(2)9-6-10-23-18/h7-8,11H,6,9-10,12-13H2,1-5H3,(H2,19,20,21). The second-order valence-electron chi connectivity index (χ2n) is 6.71. The van der Waals surface area contributed by atoms with Crippen LogP contribution in [-0.2, 0) is 11.3 Å². The van der Waals surface area contributed by atoms with E-state index in [1.54, 1.807) is 7.05 Å². The SMILES string of the molecule is CN=C(NCc1ccc(C)cc1N(C)C)NCC1(C)CCCO1. The van der Waals surface area contributed by atoms with Gasteiger partial charge in [-0.05, 0) is 43.9 Å². The average molecular weight is 318 g/mol. The summed E-state index contributed by atoms with van der Waals surface area (Å²) in [5, 5.41) is 6.78. The number of nitrogens with one attached hydrogen (secondary N) is 2. The third-order valence-electron chi connectivity index (χ3n) is 4.32. The Morgan fingerprint density at radius 1 is 1.35 bits per heavy atom. The van der Waals surface area contributed by atoms with Crippen molar-refractivity contribution in [2.24, 2.45) is 4.99 Å². The van der Waals surface area contributed by atoms with Crippen molar-refractivity contribution < 1.29 is 4.74 Å². The maximum Gasteiger partial charge on any atom is 0.191 e. The maximum absolute atomic E-state index is 5.81. The lowest BCUT2D eigenvalue weighted by Crippen LogP contribution is -2.45. The van der Waals surface area contributed by atoms with Gasteiger partial charge in [-0.15, -0.1) is 0 Å². The van der Waals surface area contributed by atoms with Crippen molar-refractivity contribution in [1.82, 2.24) is 10.6 Å². The molecule has 5 heteroatoms. The summed E-state index contributed by atoms with van der Waals surface area (Å²) in [6.45, 7) is 6.66. The summed E-state index contributed by atoms with van der Waals surface area (Å²) in [7, 11) is 5.95. The van der Waals surface area contributed by atoms with Gasteiger partial charge in [0.05, 0.1) is 5.60 Å². The molecule has 5 nitrogen and oxygen atoms in total. The Morgan fingerprint density at radius 2 is 2.13 bits per heavy atom. The van der Waals surface area contributed by atoms with Crippen molar-refractivity contribution in [2.45, 2.75) is 38.8 Å². The molecule has 1 aliphatic rings. The van der Waals surface area contributed by atoms with E-state index in [-0.39, 0.29) is 5.60 Å². The molecule has 23 heavy (non-hydrogen) atoms. The summed E-state index contributed by atoms with van der Waals surface area (Å²) < 4.78 is 5.81. The summed E-state index contributed by atoms with van der Waals surface area (Å²) in [5.41, 5.74) is 3.69. The Bertz CT molecular complexity index is 548. The van der Waals surface area contributed by atoms with E-state index in [0.717, 1.165) is 38.5 Å². The van der Waals surface area contributed by atoms with Crippen LogP contribution < -0.4 is 15.5 Å². The fraction of sp³-hybridized carbons (Fsp3) is 0.611. The number of hydrogen-bond donors (Lipinski definition) is 2. The normalized spacial score (nSPS) is 21.3. The molecule has 1 fully saturated rings. The number of rotatable bonds is 5. The highest BCUT2D eigenvalue weighted by Crippen LogP contribution is 2.24. The number of hydrogen-bond acceptors (Lipinski definition) is 3. The first-order valence-corrected chi connectivity index (χ1v) is 8.29. The predicted molar refractivity (Wildman–Crippen MR) is 97.3 cm³/mol. The van der Waals surface area contributed by atoms with Gasteiger partial charge < -0.3 is 20.3 Å². The Kier molecular flexibility index (Phi) is 5.88. The van der Waals surface area contributed by atoms with Crippen LogP contribution in [0.1, 0.15) is 30.9 Å². The van der Waals surface area contributed by atoms with E-state index >= 15 is 0 Å². The Hall–Kier alpha value is -1.75. The molecule has 128 valence electrons. The van der Waals surface area contributed by atoms with E-state index in [0.29, 0.717) is 0 Å². The minimum Gasteiger partial charge on any atom is -0.377 e. The van der Waals surface area contributed by atoms with E-state index in [1.807, 2.05) is 0 Å². The van der Waals surface area contributed by atoms with E-state index in [1.165, 1.54) is 16.8 Å². The summed E-state index contributed by atoms with van der Waals surface area (Å²) in [6, 6.07) is 6.53. The minimum absolute atomic E-state index is 0.0731. The number of aliphatic imine (C=N–C) groups is 1. The van der Waals surface area contributed by atoms with E-state index in [4.69, 9.17) is 4.74 Å². The van der Waals surface area contributed by atoms with Crippen LogP contribution in [0.4, 0.5) is 5.69 Å². The van der Waals surface area contributed by atoms with Crippen LogP contribution in [0, 0.1) is 6.92 Å². The zero-order chi connectivity index (χ0) is 16.9. The fourth-order valence-electron chi connectivity index (χ4n) is 2.89. The molecule has 0 spiro atoms. The van der Waals surface area contributed by atoms with E-state index < -0.39 is 0 Å². The van der Waals surface area contributed by atoms with Gasteiger partial charge in [0, 0.05) is 46.5 Å². The molecule has 1 heterocycles. The van der Waals surface area contributed by atoms with Gasteiger partial charge in [0.1, 0.15) is 0 Å². The van der Waals surface area contributed by atoms with Crippen LogP contribution in [0.5, 0.6) is 0 Å². The summed E-state index contributed by atoms with van der Waals surface area (Å²) in [4.78, 5) is 6.46. The molecule has 1 aromatic rings. The molecule has 1 aromatic carbocycles. The second-order valence-corrected chi connectivity index (χ2v) is 6.71. The van der Waals surface area contributed by atoms with Gasteiger partial charge >= 0.3 is 0 Å². The van der Waals surface area contributed by atoms with Gasteiger partial charge in [-0.25, -0.2) is 0 Å². The first-order valence-electron chi connectivity index (χ1n) is 8.29. The lowest BCUT2D eigenvalue weighted by Gasteiger charge is -2.25. The Morgan fingerprint density at radius 3 is 2.74 bits per heavy atom. The van der Waals surface area contributed by atoms with Crippen molar-refractivity contribution in [3.63, 3.8) is 0 Å². The number of ether oxygens (including phenoxy) is 1. The molecule has 2 N–H and O–H groups in total. The van der Waals surface area contributed by atoms with Crippen molar-refractivity contribution in [2.75, 3.05) is 39.2 Å². The first-order chi connectivity index (χ1) is 10.9. The molecule has 0 amide bonds. The topological polar surface area (TPSA) is 48.9 Å². The summed E-state index contributed by atoms with van der Waals surface area (Å²) in [5.74, 6) is 0.812. The van der Waals surface area contributed by atoms with Crippen molar-refractivity contribution >= 4 is 11.6 Å². The summed E-state index contributed by atoms with van der Waals surface area (Å²) >= 11 is 0. The van der Waals surface area contributed by atoms with E-state index in [2.05, 4.69) is 66.7 Å². The number of anilines is 1. The molecular formula is C18H30N4O. The van der Waals surface area contributed by atoms with Crippen LogP contribution in [0.15, 0.2) is 23.2 Å². The molecule has 0 bridgehead atoms. The fourth-order valence-corrected chi connectivity index (χ4v) is 2.89. The highest BCUT2D eigenvalue weighted by Gasteiger charge is 2.29. The number of aryl methyl sites for hydroxylation is 1. The van der Waals surface area contributed by atoms with Crippen LogP contribution >= 0.6 is 0 Å². The van der Waals surface area contributed by atoms with Gasteiger partial charge in [0.15, 0.2) is 5.96 Å². The number of benzene rings is 1. The smallest absolute Gasteiger partial charge is 0.191 e. The third kappa shape index (κ3) is 4.86. The number of nitrogens with zero attached hydrogens (tertiary/aromatic N) is 2. The first kappa shape index (κ1) is 17.6. The Labute approximate surface area is 140 Å². The highest BCUT2D eigenvalue weighted by atomic mass is 16.5. The van der Waals surface area contributed by atoms with Gasteiger partial charge in [0.2, 0.25) is 0 Å². The van der Waals surface area contributed by atoms with Gasteiger partial charge in [-0.2, -0.15) is 0 Å². The van der Waals surface area contributed by atoms with E-state index in [9.17, 15) is 0 Å². The van der Waals surface area contributed by atoms with Crippen LogP contribution in [0.2, 0.25) is 0 Å². The van der Waals surface area contributed by atoms with Crippen molar-refractivity contribution in [3.05, 3.63) is 29.3 Å².